The Morgan fingerprint density at radius 3 is 2.39 bits per heavy atom. The van der Waals surface area contributed by atoms with Crippen molar-refractivity contribution in [2.24, 2.45) is 5.41 Å². The molecule has 1 aromatic carbocycles. The lowest BCUT2D eigenvalue weighted by molar-refractivity contribution is -0.145. The molecule has 4 nitrogen and oxygen atoms in total. The van der Waals surface area contributed by atoms with E-state index in [1.54, 1.807) is 0 Å². The van der Waals surface area contributed by atoms with Crippen LogP contribution in [0.1, 0.15) is 13.8 Å². The molecule has 0 radical (unpaired) electrons. The second-order valence-corrected chi connectivity index (χ2v) is 7.32. The second kappa shape index (κ2) is 5.07. The van der Waals surface area contributed by atoms with E-state index in [4.69, 9.17) is 28.3 Å². The number of benzene rings is 1. The van der Waals surface area contributed by atoms with Crippen molar-refractivity contribution in [3.05, 3.63) is 28.2 Å². The molecule has 0 saturated heterocycles. The monoisotopic (exact) mass is 310 g/mol. The minimum Gasteiger partial charge on any atom is -0.481 e. The Morgan fingerprint density at radius 2 is 1.89 bits per heavy atom. The summed E-state index contributed by atoms with van der Waals surface area (Å²) in [5.74, 6) is -1.74. The lowest BCUT2D eigenvalue weighted by Gasteiger charge is -2.19. The van der Waals surface area contributed by atoms with Gasteiger partial charge in [-0.1, -0.05) is 23.2 Å². The fourth-order valence-corrected chi connectivity index (χ4v) is 3.94. The highest BCUT2D eigenvalue weighted by Crippen LogP contribution is 2.29. The molecule has 0 atom stereocenters. The molecular weight excluding hydrogens is 299 g/mol. The summed E-state index contributed by atoms with van der Waals surface area (Å²) in [7, 11) is -3.81. The van der Waals surface area contributed by atoms with Crippen LogP contribution in [0.5, 0.6) is 0 Å². The summed E-state index contributed by atoms with van der Waals surface area (Å²) in [5, 5.41) is 9.21. The molecule has 1 rings (SSSR count). The normalized spacial score (nSPS) is 12.4. The molecule has 0 aliphatic heterocycles. The number of aliphatic carboxylic acids is 1. The van der Waals surface area contributed by atoms with E-state index in [9.17, 15) is 13.2 Å². The topological polar surface area (TPSA) is 71.4 Å². The summed E-state index contributed by atoms with van der Waals surface area (Å²) in [5.41, 5.74) is -1.40. The first-order chi connectivity index (χ1) is 8.06. The van der Waals surface area contributed by atoms with E-state index in [0.717, 1.165) is 0 Å². The Kier molecular flexibility index (Phi) is 4.30. The van der Waals surface area contributed by atoms with Crippen LogP contribution in [-0.2, 0) is 14.6 Å². The van der Waals surface area contributed by atoms with Gasteiger partial charge in [0.15, 0.2) is 9.84 Å². The van der Waals surface area contributed by atoms with E-state index in [2.05, 4.69) is 0 Å². The molecule has 0 aromatic heterocycles. The van der Waals surface area contributed by atoms with Crippen molar-refractivity contribution in [2.75, 3.05) is 5.75 Å². The quantitative estimate of drug-likeness (QED) is 0.928. The summed E-state index contributed by atoms with van der Waals surface area (Å²) < 4.78 is 24.2. The van der Waals surface area contributed by atoms with E-state index >= 15 is 0 Å². The molecule has 0 heterocycles. The van der Waals surface area contributed by atoms with Gasteiger partial charge in [0, 0.05) is 5.02 Å². The van der Waals surface area contributed by atoms with E-state index < -0.39 is 27.0 Å². The number of carboxylic acid groups (broad SMARTS) is 1. The highest BCUT2D eigenvalue weighted by Gasteiger charge is 2.35. The van der Waals surface area contributed by atoms with Crippen LogP contribution in [0.4, 0.5) is 0 Å². The average molecular weight is 311 g/mol. The van der Waals surface area contributed by atoms with Gasteiger partial charge in [-0.2, -0.15) is 0 Å². The Bertz CT molecular complexity index is 579. The predicted molar refractivity (Wildman–Crippen MR) is 69.9 cm³/mol. The lowest BCUT2D eigenvalue weighted by atomic mass is 9.97. The maximum absolute atomic E-state index is 12.1. The minimum absolute atomic E-state index is 0.0283. The molecule has 7 heteroatoms. The van der Waals surface area contributed by atoms with Gasteiger partial charge in [-0.15, -0.1) is 0 Å². The highest BCUT2D eigenvalue weighted by atomic mass is 35.5. The zero-order valence-corrected chi connectivity index (χ0v) is 12.1. The highest BCUT2D eigenvalue weighted by molar-refractivity contribution is 7.91. The van der Waals surface area contributed by atoms with Gasteiger partial charge < -0.3 is 5.11 Å². The fraction of sp³-hybridized carbons (Fsp3) is 0.364. The first-order valence-corrected chi connectivity index (χ1v) is 7.38. The van der Waals surface area contributed by atoms with E-state index in [-0.39, 0.29) is 14.9 Å². The Balaban J connectivity index is 3.23. The van der Waals surface area contributed by atoms with Gasteiger partial charge >= 0.3 is 5.97 Å². The fourth-order valence-electron chi connectivity index (χ4n) is 1.33. The van der Waals surface area contributed by atoms with Crippen molar-refractivity contribution in [1.29, 1.82) is 0 Å². The maximum atomic E-state index is 12.1. The summed E-state index contributed by atoms with van der Waals surface area (Å²) in [6.45, 7) is 2.68. The Morgan fingerprint density at radius 1 is 1.33 bits per heavy atom. The van der Waals surface area contributed by atoms with Crippen molar-refractivity contribution >= 4 is 39.0 Å². The van der Waals surface area contributed by atoms with Crippen molar-refractivity contribution in [3.8, 4) is 0 Å². The zero-order chi connectivity index (χ0) is 14.1. The number of rotatable bonds is 4. The molecule has 0 aliphatic rings. The molecule has 1 aromatic rings. The number of hydrogen-bond acceptors (Lipinski definition) is 3. The van der Waals surface area contributed by atoms with Crippen molar-refractivity contribution in [2.45, 2.75) is 18.7 Å². The summed E-state index contributed by atoms with van der Waals surface area (Å²) in [6.07, 6.45) is 0. The third-order valence-corrected chi connectivity index (χ3v) is 5.14. The zero-order valence-electron chi connectivity index (χ0n) is 9.78. The number of carboxylic acids is 1. The van der Waals surface area contributed by atoms with Crippen molar-refractivity contribution < 1.29 is 18.3 Å². The van der Waals surface area contributed by atoms with Gasteiger partial charge in [-0.25, -0.2) is 8.42 Å². The summed E-state index contributed by atoms with van der Waals surface area (Å²) >= 11 is 11.5. The number of sulfone groups is 1. The Labute approximate surface area is 115 Å². The number of hydrogen-bond donors (Lipinski definition) is 1. The lowest BCUT2D eigenvalue weighted by Crippen LogP contribution is -2.32. The Hall–Kier alpha value is -0.780. The summed E-state index contributed by atoms with van der Waals surface area (Å²) in [4.78, 5) is 10.8. The van der Waals surface area contributed by atoms with Crippen LogP contribution in [0, 0.1) is 5.41 Å². The van der Waals surface area contributed by atoms with Crippen LogP contribution in [0.25, 0.3) is 0 Å². The van der Waals surface area contributed by atoms with Gasteiger partial charge in [-0.3, -0.25) is 4.79 Å². The van der Waals surface area contributed by atoms with E-state index in [1.165, 1.54) is 32.0 Å². The molecule has 0 saturated carbocycles. The van der Waals surface area contributed by atoms with Gasteiger partial charge in [0.1, 0.15) is 0 Å². The molecule has 0 aliphatic carbocycles. The average Bonchev–Trinajstić information content (AvgIpc) is 2.19. The molecule has 0 spiro atoms. The van der Waals surface area contributed by atoms with Crippen LogP contribution < -0.4 is 0 Å². The van der Waals surface area contributed by atoms with E-state index in [1.807, 2.05) is 0 Å². The first-order valence-electron chi connectivity index (χ1n) is 4.97. The van der Waals surface area contributed by atoms with Crippen molar-refractivity contribution in [1.82, 2.24) is 0 Å². The maximum Gasteiger partial charge on any atom is 0.310 e. The van der Waals surface area contributed by atoms with Crippen LogP contribution in [-0.4, -0.2) is 25.2 Å². The van der Waals surface area contributed by atoms with Crippen LogP contribution in [0.2, 0.25) is 10.0 Å². The largest absolute Gasteiger partial charge is 0.481 e. The summed E-state index contributed by atoms with van der Waals surface area (Å²) in [6, 6.07) is 4.05. The SMILES string of the molecule is CC(C)(CS(=O)(=O)c1cc(Cl)ccc1Cl)C(=O)O. The molecule has 18 heavy (non-hydrogen) atoms. The third-order valence-electron chi connectivity index (χ3n) is 2.36. The van der Waals surface area contributed by atoms with Gasteiger partial charge in [0.05, 0.1) is 21.1 Å². The molecule has 1 N–H and O–H groups in total. The molecule has 0 fully saturated rings. The molecule has 100 valence electrons. The third kappa shape index (κ3) is 3.37. The first kappa shape index (κ1) is 15.3. The van der Waals surface area contributed by atoms with E-state index in [0.29, 0.717) is 0 Å². The van der Waals surface area contributed by atoms with Crippen LogP contribution in [0.3, 0.4) is 0 Å². The second-order valence-electron chi connectivity index (χ2n) is 4.52. The smallest absolute Gasteiger partial charge is 0.310 e. The molecule has 0 amide bonds. The minimum atomic E-state index is -3.81. The van der Waals surface area contributed by atoms with Gasteiger partial charge in [-0.05, 0) is 32.0 Å². The van der Waals surface area contributed by atoms with Gasteiger partial charge in [0.25, 0.3) is 0 Å². The molecule has 0 bridgehead atoms. The van der Waals surface area contributed by atoms with Gasteiger partial charge in [0.2, 0.25) is 0 Å². The molecule has 0 unspecified atom stereocenters. The standard InChI is InChI=1S/C11H12Cl2O4S/c1-11(2,10(14)15)6-18(16,17)9-5-7(12)3-4-8(9)13/h3-5H,6H2,1-2H3,(H,14,15). The van der Waals surface area contributed by atoms with Crippen LogP contribution >= 0.6 is 23.2 Å². The van der Waals surface area contributed by atoms with Crippen LogP contribution in [0.15, 0.2) is 23.1 Å². The predicted octanol–water partition coefficient (Wildman–Crippen LogP) is 2.88. The number of carbonyl (C=O) groups is 1. The van der Waals surface area contributed by atoms with Crippen molar-refractivity contribution in [3.63, 3.8) is 0 Å². The number of halogens is 2. The molecular formula is C11H12Cl2O4S.